The Balaban J connectivity index is 1.74. The van der Waals surface area contributed by atoms with Gasteiger partial charge in [0, 0.05) is 5.69 Å². The lowest BCUT2D eigenvalue weighted by atomic mass is 9.85. The van der Waals surface area contributed by atoms with E-state index in [1.807, 2.05) is 0 Å². The van der Waals surface area contributed by atoms with Gasteiger partial charge >= 0.3 is 0 Å². The molecule has 3 aliphatic carbocycles. The first kappa shape index (κ1) is 12.4. The summed E-state index contributed by atoms with van der Waals surface area (Å²) in [6.45, 7) is 6.29. The van der Waals surface area contributed by atoms with Crippen molar-refractivity contribution in [1.29, 1.82) is 0 Å². The first-order valence-electron chi connectivity index (χ1n) is 7.49. The fraction of sp³-hybridized carbons (Fsp3) is 0.588. The second-order valence-corrected chi connectivity index (χ2v) is 7.59. The SMILES string of the molecule is CC1CC(C)(C)c2c(F)ccc(NC(=O)C34CC3C4)c21. The molecular weight excluding hydrogens is 253 g/mol. The molecule has 1 aromatic carbocycles. The Morgan fingerprint density at radius 2 is 1.95 bits per heavy atom. The van der Waals surface area contributed by atoms with E-state index >= 15 is 0 Å². The van der Waals surface area contributed by atoms with Crippen LogP contribution in [0.1, 0.15) is 57.1 Å². The molecule has 2 fully saturated rings. The molecule has 0 spiro atoms. The second-order valence-electron chi connectivity index (χ2n) is 7.59. The number of nitrogens with one attached hydrogen (secondary N) is 1. The van der Waals surface area contributed by atoms with E-state index in [2.05, 4.69) is 26.1 Å². The van der Waals surface area contributed by atoms with Crippen molar-refractivity contribution in [2.45, 2.75) is 51.4 Å². The van der Waals surface area contributed by atoms with Gasteiger partial charge in [-0.25, -0.2) is 4.39 Å². The Kier molecular flexibility index (Phi) is 2.13. The molecule has 1 unspecified atom stereocenters. The number of hydrogen-bond acceptors (Lipinski definition) is 1. The number of rotatable bonds is 2. The zero-order chi connectivity index (χ0) is 14.3. The Morgan fingerprint density at radius 3 is 2.55 bits per heavy atom. The smallest absolute Gasteiger partial charge is 0.230 e. The second kappa shape index (κ2) is 3.44. The van der Waals surface area contributed by atoms with Crippen molar-refractivity contribution in [3.8, 4) is 0 Å². The molecule has 1 atom stereocenters. The lowest BCUT2D eigenvalue weighted by Crippen LogP contribution is -2.20. The van der Waals surface area contributed by atoms with Crippen LogP contribution in [-0.2, 0) is 10.2 Å². The highest BCUT2D eigenvalue weighted by atomic mass is 19.1. The van der Waals surface area contributed by atoms with Gasteiger partial charge in [-0.3, -0.25) is 4.79 Å². The average Bonchev–Trinajstić information content (AvgIpc) is 3.16. The number of halogens is 1. The molecule has 1 N–H and O–H groups in total. The fourth-order valence-electron chi connectivity index (χ4n) is 4.19. The fourth-order valence-corrected chi connectivity index (χ4v) is 4.19. The van der Waals surface area contributed by atoms with E-state index in [1.165, 1.54) is 6.07 Å². The third-order valence-corrected chi connectivity index (χ3v) is 5.56. The molecule has 3 aliphatic rings. The van der Waals surface area contributed by atoms with E-state index in [-0.39, 0.29) is 28.5 Å². The molecule has 0 saturated heterocycles. The van der Waals surface area contributed by atoms with Gasteiger partial charge in [0.1, 0.15) is 5.82 Å². The highest BCUT2D eigenvalue weighted by Gasteiger charge is 2.74. The Labute approximate surface area is 118 Å². The molecule has 0 aliphatic heterocycles. The third kappa shape index (κ3) is 1.46. The zero-order valence-electron chi connectivity index (χ0n) is 12.2. The van der Waals surface area contributed by atoms with Gasteiger partial charge in [-0.2, -0.15) is 0 Å². The van der Waals surface area contributed by atoms with Crippen LogP contribution in [0.5, 0.6) is 0 Å². The van der Waals surface area contributed by atoms with Gasteiger partial charge in [-0.15, -0.1) is 0 Å². The number of fused-ring (bicyclic) bond motifs is 2. The van der Waals surface area contributed by atoms with Crippen molar-refractivity contribution in [2.75, 3.05) is 5.32 Å². The van der Waals surface area contributed by atoms with Crippen molar-refractivity contribution in [1.82, 2.24) is 0 Å². The van der Waals surface area contributed by atoms with E-state index in [0.717, 1.165) is 36.1 Å². The highest BCUT2D eigenvalue weighted by molar-refractivity contribution is 6.01. The van der Waals surface area contributed by atoms with Crippen LogP contribution >= 0.6 is 0 Å². The average molecular weight is 273 g/mol. The minimum atomic E-state index is -0.153. The lowest BCUT2D eigenvalue weighted by molar-refractivity contribution is -0.119. The van der Waals surface area contributed by atoms with E-state index in [1.54, 1.807) is 6.07 Å². The van der Waals surface area contributed by atoms with Crippen LogP contribution in [0.4, 0.5) is 10.1 Å². The topological polar surface area (TPSA) is 29.1 Å². The summed E-state index contributed by atoms with van der Waals surface area (Å²) in [5.41, 5.74) is 2.44. The van der Waals surface area contributed by atoms with E-state index < -0.39 is 0 Å². The van der Waals surface area contributed by atoms with Crippen molar-refractivity contribution in [3.63, 3.8) is 0 Å². The van der Waals surface area contributed by atoms with Crippen LogP contribution in [0.3, 0.4) is 0 Å². The molecule has 4 rings (SSSR count). The van der Waals surface area contributed by atoms with Crippen LogP contribution in [0.2, 0.25) is 0 Å². The van der Waals surface area contributed by atoms with E-state index in [4.69, 9.17) is 0 Å². The minimum absolute atomic E-state index is 0.0430. The van der Waals surface area contributed by atoms with E-state index in [9.17, 15) is 9.18 Å². The number of carbonyl (C=O) groups excluding carboxylic acids is 1. The van der Waals surface area contributed by atoms with Crippen LogP contribution in [-0.4, -0.2) is 5.91 Å². The number of carbonyl (C=O) groups is 1. The molecule has 20 heavy (non-hydrogen) atoms. The summed E-state index contributed by atoms with van der Waals surface area (Å²) in [7, 11) is 0. The maximum Gasteiger partial charge on any atom is 0.230 e. The highest BCUT2D eigenvalue weighted by Crippen LogP contribution is 2.75. The molecule has 0 radical (unpaired) electrons. The van der Waals surface area contributed by atoms with Gasteiger partial charge in [0.25, 0.3) is 0 Å². The predicted molar refractivity (Wildman–Crippen MR) is 76.2 cm³/mol. The molecular formula is C17H20FNO. The van der Waals surface area contributed by atoms with Gasteiger partial charge < -0.3 is 5.32 Å². The summed E-state index contributed by atoms with van der Waals surface area (Å²) >= 11 is 0. The maximum atomic E-state index is 14.2. The summed E-state index contributed by atoms with van der Waals surface area (Å²) in [6.07, 6.45) is 3.02. The molecule has 0 bridgehead atoms. The summed E-state index contributed by atoms with van der Waals surface area (Å²) in [5, 5.41) is 3.08. The van der Waals surface area contributed by atoms with Gasteiger partial charge in [0.15, 0.2) is 0 Å². The quantitative estimate of drug-likeness (QED) is 0.868. The lowest BCUT2D eigenvalue weighted by Gasteiger charge is -2.20. The molecule has 0 aromatic heterocycles. The normalized spacial score (nSPS) is 35.2. The maximum absolute atomic E-state index is 14.2. The number of benzene rings is 1. The van der Waals surface area contributed by atoms with Crippen LogP contribution in [0.25, 0.3) is 0 Å². The standard InChI is InChI=1S/C17H20FNO/c1-9-6-16(2,3)14-11(18)4-5-12(13(9)14)19-15(20)17-7-10(17)8-17/h4-5,9-10H,6-8H2,1-3H3,(H,19,20). The minimum Gasteiger partial charge on any atom is -0.325 e. The largest absolute Gasteiger partial charge is 0.325 e. The molecule has 2 nitrogen and oxygen atoms in total. The van der Waals surface area contributed by atoms with Crippen LogP contribution in [0, 0.1) is 17.2 Å². The molecule has 3 heteroatoms. The number of anilines is 1. The van der Waals surface area contributed by atoms with Gasteiger partial charge in [-0.1, -0.05) is 20.8 Å². The van der Waals surface area contributed by atoms with Crippen LogP contribution < -0.4 is 5.32 Å². The molecule has 106 valence electrons. The molecule has 2 saturated carbocycles. The van der Waals surface area contributed by atoms with Crippen molar-refractivity contribution in [3.05, 3.63) is 29.1 Å². The predicted octanol–water partition coefficient (Wildman–Crippen LogP) is 3.96. The monoisotopic (exact) mass is 273 g/mol. The first-order chi connectivity index (χ1) is 9.35. The number of hydrogen-bond donors (Lipinski definition) is 1. The zero-order valence-corrected chi connectivity index (χ0v) is 12.2. The number of amides is 1. The molecule has 0 heterocycles. The Morgan fingerprint density at radius 1 is 1.30 bits per heavy atom. The summed E-state index contributed by atoms with van der Waals surface area (Å²) in [5.74, 6) is 0.928. The van der Waals surface area contributed by atoms with Crippen molar-refractivity contribution >= 4 is 11.6 Å². The summed E-state index contributed by atoms with van der Waals surface area (Å²) in [6, 6.07) is 3.24. The Bertz CT molecular complexity index is 628. The summed E-state index contributed by atoms with van der Waals surface area (Å²) < 4.78 is 14.2. The first-order valence-corrected chi connectivity index (χ1v) is 7.49. The summed E-state index contributed by atoms with van der Waals surface area (Å²) in [4.78, 5) is 12.3. The van der Waals surface area contributed by atoms with Gasteiger partial charge in [-0.05, 0) is 59.8 Å². The van der Waals surface area contributed by atoms with E-state index in [0.29, 0.717) is 5.92 Å². The molecule has 1 amide bonds. The van der Waals surface area contributed by atoms with Crippen molar-refractivity contribution in [2.24, 2.45) is 11.3 Å². The van der Waals surface area contributed by atoms with Crippen molar-refractivity contribution < 1.29 is 9.18 Å². The third-order valence-electron chi connectivity index (χ3n) is 5.56. The van der Waals surface area contributed by atoms with Gasteiger partial charge in [0.05, 0.1) is 5.41 Å². The Hall–Kier alpha value is -1.38. The molecule has 1 aromatic rings. The van der Waals surface area contributed by atoms with Gasteiger partial charge in [0.2, 0.25) is 5.91 Å². The van der Waals surface area contributed by atoms with Crippen LogP contribution in [0.15, 0.2) is 12.1 Å².